The third-order valence-electron chi connectivity index (χ3n) is 4.15. The highest BCUT2D eigenvalue weighted by Gasteiger charge is 2.25. The zero-order chi connectivity index (χ0) is 21.1. The number of carbonyl (C=O) groups excluding carboxylic acids is 1. The molecule has 0 atom stereocenters. The van der Waals surface area contributed by atoms with Gasteiger partial charge in [0, 0.05) is 16.3 Å². The smallest absolute Gasteiger partial charge is 0.373 e. The normalized spacial score (nSPS) is 10.5. The summed E-state index contributed by atoms with van der Waals surface area (Å²) in [5, 5.41) is 15.2. The minimum Gasteiger partial charge on any atom is -0.434 e. The molecule has 0 spiro atoms. The fraction of sp³-hybridized carbons (Fsp3) is 0.150. The predicted octanol–water partition coefficient (Wildman–Crippen LogP) is 5.39. The van der Waals surface area contributed by atoms with Crippen LogP contribution in [0.2, 0.25) is 5.02 Å². The maximum atomic E-state index is 11.7. The number of Topliss-reactive ketones (excluding diaryl/α,β-unsaturated/α-hetero) is 1. The maximum absolute atomic E-state index is 11.7. The lowest BCUT2D eigenvalue weighted by molar-refractivity contribution is -0.385. The molecule has 0 aliphatic heterocycles. The second kappa shape index (κ2) is 8.24. The molecule has 0 amide bonds. The second-order valence-corrected chi connectivity index (χ2v) is 6.74. The maximum Gasteiger partial charge on any atom is 0.373 e. The molecule has 0 aliphatic carbocycles. The van der Waals surface area contributed by atoms with E-state index >= 15 is 0 Å². The molecular formula is C20H17ClN4O4. The lowest BCUT2D eigenvalue weighted by Crippen LogP contribution is -2.04. The molecule has 0 radical (unpaired) electrons. The Balaban J connectivity index is 1.96. The predicted molar refractivity (Wildman–Crippen MR) is 109 cm³/mol. The Morgan fingerprint density at radius 1 is 1.14 bits per heavy atom. The van der Waals surface area contributed by atoms with Crippen molar-refractivity contribution in [2.24, 2.45) is 0 Å². The van der Waals surface area contributed by atoms with E-state index in [2.05, 4.69) is 15.3 Å². The van der Waals surface area contributed by atoms with E-state index in [1.54, 1.807) is 36.4 Å². The number of nitrogens with one attached hydrogen (secondary N) is 1. The molecule has 2 aromatic carbocycles. The van der Waals surface area contributed by atoms with Crippen molar-refractivity contribution >= 4 is 34.6 Å². The Kier molecular flexibility index (Phi) is 5.74. The molecular weight excluding hydrogens is 396 g/mol. The Bertz CT molecular complexity index is 1080. The fourth-order valence-corrected chi connectivity index (χ4v) is 2.80. The van der Waals surface area contributed by atoms with Crippen molar-refractivity contribution in [2.45, 2.75) is 20.8 Å². The summed E-state index contributed by atoms with van der Waals surface area (Å²) in [6, 6.07) is 9.86. The number of ether oxygens (including phenoxy) is 1. The number of nitro groups is 1. The lowest BCUT2D eigenvalue weighted by atomic mass is 10.1. The van der Waals surface area contributed by atoms with Crippen LogP contribution in [0.15, 0.2) is 42.7 Å². The highest BCUT2D eigenvalue weighted by Crippen LogP contribution is 2.36. The first-order valence-electron chi connectivity index (χ1n) is 8.58. The molecule has 8 nitrogen and oxygen atoms in total. The van der Waals surface area contributed by atoms with Crippen molar-refractivity contribution < 1.29 is 14.5 Å². The van der Waals surface area contributed by atoms with Gasteiger partial charge in [-0.15, -0.1) is 0 Å². The summed E-state index contributed by atoms with van der Waals surface area (Å²) >= 11 is 6.16. The van der Waals surface area contributed by atoms with Gasteiger partial charge in [0.05, 0.1) is 4.92 Å². The van der Waals surface area contributed by atoms with E-state index in [4.69, 9.17) is 16.3 Å². The molecule has 0 aliphatic rings. The molecule has 9 heteroatoms. The highest BCUT2D eigenvalue weighted by molar-refractivity contribution is 6.32. The van der Waals surface area contributed by atoms with Gasteiger partial charge in [0.1, 0.15) is 12.1 Å². The topological polar surface area (TPSA) is 107 Å². The van der Waals surface area contributed by atoms with Crippen molar-refractivity contribution in [3.8, 4) is 11.6 Å². The molecule has 1 aromatic heterocycles. The van der Waals surface area contributed by atoms with E-state index in [1.807, 2.05) is 13.8 Å². The number of ketones is 1. The minimum atomic E-state index is -0.614. The number of halogens is 1. The van der Waals surface area contributed by atoms with Crippen LogP contribution in [-0.4, -0.2) is 20.7 Å². The molecule has 3 aromatic rings. The summed E-state index contributed by atoms with van der Waals surface area (Å²) in [5.41, 5.74) is 2.21. The number of anilines is 2. The molecule has 0 unspecified atom stereocenters. The van der Waals surface area contributed by atoms with Gasteiger partial charge < -0.3 is 10.1 Å². The Hall–Kier alpha value is -3.52. The summed E-state index contributed by atoms with van der Waals surface area (Å²) < 4.78 is 5.68. The molecule has 1 heterocycles. The SMILES string of the molecule is CC(=O)c1ccc(Nc2ncnc(Oc3cc(C)c(Cl)c(C)c3)c2[N+](=O)[O-])cc1. The van der Waals surface area contributed by atoms with Gasteiger partial charge in [-0.3, -0.25) is 14.9 Å². The van der Waals surface area contributed by atoms with Crippen LogP contribution in [0.25, 0.3) is 0 Å². The van der Waals surface area contributed by atoms with Crippen LogP contribution in [0.5, 0.6) is 11.6 Å². The molecule has 3 rings (SSSR count). The zero-order valence-corrected chi connectivity index (χ0v) is 16.6. The van der Waals surface area contributed by atoms with Gasteiger partial charge in [-0.2, -0.15) is 4.98 Å². The van der Waals surface area contributed by atoms with Gasteiger partial charge >= 0.3 is 11.6 Å². The fourth-order valence-electron chi connectivity index (χ4n) is 2.70. The van der Waals surface area contributed by atoms with Crippen molar-refractivity contribution in [3.05, 3.63) is 74.6 Å². The minimum absolute atomic E-state index is 0.0296. The van der Waals surface area contributed by atoms with Crippen molar-refractivity contribution in [2.75, 3.05) is 5.32 Å². The molecule has 29 heavy (non-hydrogen) atoms. The average molecular weight is 413 g/mol. The number of nitrogens with zero attached hydrogens (tertiary/aromatic N) is 3. The molecule has 0 bridgehead atoms. The molecule has 0 fully saturated rings. The van der Waals surface area contributed by atoms with E-state index < -0.39 is 10.6 Å². The van der Waals surface area contributed by atoms with Gasteiger partial charge in [0.2, 0.25) is 5.82 Å². The number of hydrogen-bond donors (Lipinski definition) is 1. The van der Waals surface area contributed by atoms with Crippen LogP contribution in [0.3, 0.4) is 0 Å². The van der Waals surface area contributed by atoms with Gasteiger partial charge in [0.15, 0.2) is 5.78 Å². The monoisotopic (exact) mass is 412 g/mol. The summed E-state index contributed by atoms with van der Waals surface area (Å²) in [7, 11) is 0. The summed E-state index contributed by atoms with van der Waals surface area (Å²) in [6.07, 6.45) is 1.17. The zero-order valence-electron chi connectivity index (χ0n) is 15.9. The van der Waals surface area contributed by atoms with Gasteiger partial charge in [-0.05, 0) is 68.3 Å². The quantitative estimate of drug-likeness (QED) is 0.328. The highest BCUT2D eigenvalue weighted by atomic mass is 35.5. The van der Waals surface area contributed by atoms with Crippen molar-refractivity contribution in [3.63, 3.8) is 0 Å². The van der Waals surface area contributed by atoms with E-state index in [0.29, 0.717) is 22.0 Å². The summed E-state index contributed by atoms with van der Waals surface area (Å²) in [4.78, 5) is 30.4. The summed E-state index contributed by atoms with van der Waals surface area (Å²) in [5.74, 6) is 0.0729. The standard InChI is InChI=1S/C20H17ClN4O4/c1-11-8-16(9-12(2)17(11)21)29-20-18(25(27)28)19(22-10-23-20)24-15-6-4-14(5-7-15)13(3)26/h4-10H,1-3H3,(H,22,23,24). The number of aryl methyl sites for hydroxylation is 2. The van der Waals surface area contributed by atoms with Gasteiger partial charge in [0.25, 0.3) is 0 Å². The Morgan fingerprint density at radius 3 is 2.31 bits per heavy atom. The number of carbonyl (C=O) groups is 1. The van der Waals surface area contributed by atoms with Crippen LogP contribution in [0.1, 0.15) is 28.4 Å². The lowest BCUT2D eigenvalue weighted by Gasteiger charge is -2.11. The molecule has 0 saturated heterocycles. The van der Waals surface area contributed by atoms with Crippen LogP contribution in [-0.2, 0) is 0 Å². The van der Waals surface area contributed by atoms with Gasteiger partial charge in [-0.1, -0.05) is 11.6 Å². The van der Waals surface area contributed by atoms with Crippen molar-refractivity contribution in [1.82, 2.24) is 9.97 Å². The first-order chi connectivity index (χ1) is 13.8. The second-order valence-electron chi connectivity index (χ2n) is 6.36. The van der Waals surface area contributed by atoms with Crippen LogP contribution in [0.4, 0.5) is 17.2 Å². The van der Waals surface area contributed by atoms with Crippen LogP contribution < -0.4 is 10.1 Å². The average Bonchev–Trinajstić information content (AvgIpc) is 2.66. The largest absolute Gasteiger partial charge is 0.434 e. The first-order valence-corrected chi connectivity index (χ1v) is 8.96. The first kappa shape index (κ1) is 20.2. The number of benzene rings is 2. The molecule has 1 N–H and O–H groups in total. The van der Waals surface area contributed by atoms with E-state index in [-0.39, 0.29) is 17.5 Å². The Labute approximate surface area is 171 Å². The molecule has 148 valence electrons. The van der Waals surface area contributed by atoms with E-state index in [0.717, 1.165) is 11.1 Å². The third-order valence-corrected chi connectivity index (χ3v) is 4.75. The Morgan fingerprint density at radius 2 is 1.76 bits per heavy atom. The number of rotatable bonds is 6. The molecule has 0 saturated carbocycles. The van der Waals surface area contributed by atoms with E-state index in [1.165, 1.54) is 13.3 Å². The number of aromatic nitrogens is 2. The third kappa shape index (κ3) is 4.49. The summed E-state index contributed by atoms with van der Waals surface area (Å²) in [6.45, 7) is 5.09. The van der Waals surface area contributed by atoms with Crippen LogP contribution in [0, 0.1) is 24.0 Å². The number of hydrogen-bond acceptors (Lipinski definition) is 7. The van der Waals surface area contributed by atoms with E-state index in [9.17, 15) is 14.9 Å². The van der Waals surface area contributed by atoms with Crippen molar-refractivity contribution in [1.29, 1.82) is 0 Å². The van der Waals surface area contributed by atoms with Gasteiger partial charge in [-0.25, -0.2) is 4.98 Å². The van der Waals surface area contributed by atoms with Crippen LogP contribution >= 0.6 is 11.6 Å².